The molecular formula is C18H27N3O2. The summed E-state index contributed by atoms with van der Waals surface area (Å²) in [7, 11) is 1.44. The number of ether oxygens (including phenoxy) is 1. The van der Waals surface area contributed by atoms with Gasteiger partial charge in [0.15, 0.2) is 0 Å². The molecule has 23 heavy (non-hydrogen) atoms. The number of carbonyl (C=O) groups is 1. The summed E-state index contributed by atoms with van der Waals surface area (Å²) in [6.07, 6.45) is 2.36. The van der Waals surface area contributed by atoms with Crippen LogP contribution >= 0.6 is 0 Å². The number of nitrogens with zero attached hydrogens (tertiary/aromatic N) is 3. The van der Waals surface area contributed by atoms with Crippen molar-refractivity contribution < 1.29 is 9.53 Å². The number of hydrogen-bond donors (Lipinski definition) is 0. The predicted molar refractivity (Wildman–Crippen MR) is 93.2 cm³/mol. The van der Waals surface area contributed by atoms with E-state index in [2.05, 4.69) is 41.0 Å². The Balaban J connectivity index is 1.57. The maximum absolute atomic E-state index is 11.5. The van der Waals surface area contributed by atoms with Gasteiger partial charge in [0.1, 0.15) is 0 Å². The van der Waals surface area contributed by atoms with Crippen molar-refractivity contribution in [2.24, 2.45) is 5.92 Å². The number of rotatable bonds is 2. The predicted octanol–water partition coefficient (Wildman–Crippen LogP) is 2.81. The van der Waals surface area contributed by atoms with Crippen molar-refractivity contribution in [3.63, 3.8) is 0 Å². The van der Waals surface area contributed by atoms with Gasteiger partial charge in [-0.1, -0.05) is 6.92 Å². The van der Waals surface area contributed by atoms with E-state index in [1.54, 1.807) is 4.90 Å². The molecule has 1 aromatic carbocycles. The van der Waals surface area contributed by atoms with Gasteiger partial charge in [-0.2, -0.15) is 0 Å². The van der Waals surface area contributed by atoms with Crippen LogP contribution in [0.1, 0.15) is 19.8 Å². The summed E-state index contributed by atoms with van der Waals surface area (Å²) in [5, 5.41) is 0. The smallest absolute Gasteiger partial charge is 0.409 e. The molecule has 2 heterocycles. The minimum atomic E-state index is -0.223. The first-order valence-corrected chi connectivity index (χ1v) is 8.60. The summed E-state index contributed by atoms with van der Waals surface area (Å²) in [5.41, 5.74) is 2.57. The lowest BCUT2D eigenvalue weighted by atomic mass is 9.99. The van der Waals surface area contributed by atoms with Crippen LogP contribution in [0.5, 0.6) is 0 Å². The van der Waals surface area contributed by atoms with E-state index in [1.807, 2.05) is 0 Å². The largest absolute Gasteiger partial charge is 0.453 e. The van der Waals surface area contributed by atoms with E-state index < -0.39 is 0 Å². The second-order valence-electron chi connectivity index (χ2n) is 6.63. The number of piperidine rings is 1. The number of benzene rings is 1. The highest BCUT2D eigenvalue weighted by Gasteiger charge is 2.22. The second kappa shape index (κ2) is 7.11. The monoisotopic (exact) mass is 317 g/mol. The highest BCUT2D eigenvalue weighted by Crippen LogP contribution is 2.26. The Morgan fingerprint density at radius 1 is 0.913 bits per heavy atom. The molecule has 1 aromatic rings. The standard InChI is InChI=1S/C18H27N3O2/c1-15-7-9-19(10-8-15)16-3-5-17(6-4-16)20-11-13-21(14-12-20)18(22)23-2/h3-6,15H,7-14H2,1-2H3. The zero-order chi connectivity index (χ0) is 16.2. The van der Waals surface area contributed by atoms with Crippen LogP contribution in [0, 0.1) is 5.92 Å². The first-order valence-electron chi connectivity index (χ1n) is 8.60. The minimum Gasteiger partial charge on any atom is -0.453 e. The second-order valence-corrected chi connectivity index (χ2v) is 6.63. The fraction of sp³-hybridized carbons (Fsp3) is 0.611. The molecule has 0 aliphatic carbocycles. The molecule has 126 valence electrons. The fourth-order valence-corrected chi connectivity index (χ4v) is 3.42. The average molecular weight is 317 g/mol. The third-order valence-electron chi connectivity index (χ3n) is 5.08. The Bertz CT molecular complexity index is 516. The Labute approximate surface area is 138 Å². The third kappa shape index (κ3) is 3.71. The van der Waals surface area contributed by atoms with E-state index in [4.69, 9.17) is 4.74 Å². The molecule has 0 saturated carbocycles. The van der Waals surface area contributed by atoms with Gasteiger partial charge in [-0.05, 0) is 43.0 Å². The number of anilines is 2. The minimum absolute atomic E-state index is 0.223. The number of amides is 1. The Morgan fingerprint density at radius 3 is 1.87 bits per heavy atom. The van der Waals surface area contributed by atoms with Crippen LogP contribution in [-0.4, -0.2) is 57.4 Å². The lowest BCUT2D eigenvalue weighted by Crippen LogP contribution is -2.48. The van der Waals surface area contributed by atoms with E-state index in [-0.39, 0.29) is 6.09 Å². The van der Waals surface area contributed by atoms with E-state index in [1.165, 1.54) is 31.3 Å². The maximum Gasteiger partial charge on any atom is 0.409 e. The van der Waals surface area contributed by atoms with E-state index in [9.17, 15) is 4.79 Å². The highest BCUT2D eigenvalue weighted by molar-refractivity contribution is 5.68. The molecule has 2 fully saturated rings. The van der Waals surface area contributed by atoms with Crippen molar-refractivity contribution >= 4 is 17.5 Å². The van der Waals surface area contributed by atoms with E-state index in [0.717, 1.165) is 45.2 Å². The molecule has 2 aliphatic rings. The number of hydrogen-bond acceptors (Lipinski definition) is 4. The molecular weight excluding hydrogens is 290 g/mol. The average Bonchev–Trinajstić information content (AvgIpc) is 2.62. The third-order valence-corrected chi connectivity index (χ3v) is 5.08. The summed E-state index contributed by atoms with van der Waals surface area (Å²) in [4.78, 5) is 18.1. The van der Waals surface area contributed by atoms with Gasteiger partial charge >= 0.3 is 6.09 Å². The Morgan fingerprint density at radius 2 is 1.39 bits per heavy atom. The van der Waals surface area contributed by atoms with Crippen LogP contribution < -0.4 is 9.80 Å². The van der Waals surface area contributed by atoms with Crippen LogP contribution in [0.4, 0.5) is 16.2 Å². The molecule has 0 N–H and O–H groups in total. The van der Waals surface area contributed by atoms with Gasteiger partial charge < -0.3 is 19.4 Å². The van der Waals surface area contributed by atoms with Gasteiger partial charge in [0, 0.05) is 50.6 Å². The zero-order valence-corrected chi connectivity index (χ0v) is 14.2. The highest BCUT2D eigenvalue weighted by atomic mass is 16.5. The first kappa shape index (κ1) is 16.0. The molecule has 2 saturated heterocycles. The van der Waals surface area contributed by atoms with Crippen molar-refractivity contribution in [1.29, 1.82) is 0 Å². The lowest BCUT2D eigenvalue weighted by Gasteiger charge is -2.36. The van der Waals surface area contributed by atoms with Crippen molar-refractivity contribution in [2.75, 3.05) is 56.2 Å². The normalized spacial score (nSPS) is 19.8. The van der Waals surface area contributed by atoms with Gasteiger partial charge in [-0.3, -0.25) is 0 Å². The summed E-state index contributed by atoms with van der Waals surface area (Å²) >= 11 is 0. The van der Waals surface area contributed by atoms with Gasteiger partial charge in [-0.25, -0.2) is 4.79 Å². The topological polar surface area (TPSA) is 36.0 Å². The number of methoxy groups -OCH3 is 1. The molecule has 0 atom stereocenters. The van der Waals surface area contributed by atoms with Gasteiger partial charge in [0.05, 0.1) is 7.11 Å². The molecule has 1 amide bonds. The summed E-state index contributed by atoms with van der Waals surface area (Å²) < 4.78 is 4.78. The van der Waals surface area contributed by atoms with Crippen molar-refractivity contribution in [2.45, 2.75) is 19.8 Å². The summed E-state index contributed by atoms with van der Waals surface area (Å²) in [6, 6.07) is 8.89. The molecule has 0 radical (unpaired) electrons. The van der Waals surface area contributed by atoms with Crippen molar-refractivity contribution in [1.82, 2.24) is 4.90 Å². The van der Waals surface area contributed by atoms with Crippen LogP contribution in [-0.2, 0) is 4.74 Å². The van der Waals surface area contributed by atoms with E-state index >= 15 is 0 Å². The number of carbonyl (C=O) groups excluding carboxylic acids is 1. The molecule has 2 aliphatic heterocycles. The summed E-state index contributed by atoms with van der Waals surface area (Å²) in [6.45, 7) is 7.83. The molecule has 5 nitrogen and oxygen atoms in total. The van der Waals surface area contributed by atoms with Crippen LogP contribution in [0.2, 0.25) is 0 Å². The first-order chi connectivity index (χ1) is 11.2. The molecule has 3 rings (SSSR count). The lowest BCUT2D eigenvalue weighted by molar-refractivity contribution is 0.121. The van der Waals surface area contributed by atoms with Gasteiger partial charge in [-0.15, -0.1) is 0 Å². The molecule has 0 unspecified atom stereocenters. The van der Waals surface area contributed by atoms with E-state index in [0.29, 0.717) is 0 Å². The Kier molecular flexibility index (Phi) is 4.94. The molecule has 5 heteroatoms. The zero-order valence-electron chi connectivity index (χ0n) is 14.2. The van der Waals surface area contributed by atoms with Crippen molar-refractivity contribution in [3.8, 4) is 0 Å². The fourth-order valence-electron chi connectivity index (χ4n) is 3.42. The summed E-state index contributed by atoms with van der Waals surface area (Å²) in [5.74, 6) is 0.858. The SMILES string of the molecule is COC(=O)N1CCN(c2ccc(N3CCC(C)CC3)cc2)CC1. The van der Waals surface area contributed by atoms with Crippen LogP contribution in [0.25, 0.3) is 0 Å². The number of piperazine rings is 1. The van der Waals surface area contributed by atoms with Crippen LogP contribution in [0.3, 0.4) is 0 Å². The quantitative estimate of drug-likeness (QED) is 0.840. The Hall–Kier alpha value is -1.91. The van der Waals surface area contributed by atoms with Gasteiger partial charge in [0.25, 0.3) is 0 Å². The molecule has 0 spiro atoms. The molecule has 0 aromatic heterocycles. The van der Waals surface area contributed by atoms with Gasteiger partial charge in [0.2, 0.25) is 0 Å². The van der Waals surface area contributed by atoms with Crippen molar-refractivity contribution in [3.05, 3.63) is 24.3 Å². The molecule has 0 bridgehead atoms. The van der Waals surface area contributed by atoms with Crippen LogP contribution in [0.15, 0.2) is 24.3 Å². The maximum atomic E-state index is 11.5.